The first-order valence-electron chi connectivity index (χ1n) is 12.7. The van der Waals surface area contributed by atoms with Gasteiger partial charge in [-0.25, -0.2) is 0 Å². The first kappa shape index (κ1) is 24.3. The van der Waals surface area contributed by atoms with E-state index >= 15 is 0 Å². The first-order valence-corrected chi connectivity index (χ1v) is 12.7. The second-order valence-electron chi connectivity index (χ2n) is 9.21. The van der Waals surface area contributed by atoms with Gasteiger partial charge in [0.25, 0.3) is 0 Å². The molecule has 1 fully saturated rings. The summed E-state index contributed by atoms with van der Waals surface area (Å²) < 4.78 is 11.8. The predicted molar refractivity (Wildman–Crippen MR) is 149 cm³/mol. The molecule has 4 aromatic carbocycles. The highest BCUT2D eigenvalue weighted by Crippen LogP contribution is 2.29. The van der Waals surface area contributed by atoms with Crippen molar-refractivity contribution in [2.45, 2.75) is 32.5 Å². The largest absolute Gasteiger partial charge is 0.489 e. The quantitative estimate of drug-likeness (QED) is 0.236. The lowest BCUT2D eigenvalue weighted by Gasteiger charge is -2.17. The van der Waals surface area contributed by atoms with Crippen LogP contribution in [0.2, 0.25) is 0 Å². The van der Waals surface area contributed by atoms with E-state index in [2.05, 4.69) is 0 Å². The highest BCUT2D eigenvalue weighted by molar-refractivity contribution is 6.13. The third kappa shape index (κ3) is 6.86. The summed E-state index contributed by atoms with van der Waals surface area (Å²) in [4.78, 5) is 13.2. The molecular weight excluding hydrogens is 456 g/mol. The average molecular weight is 487 g/mol. The summed E-state index contributed by atoms with van der Waals surface area (Å²) >= 11 is 0. The second kappa shape index (κ2) is 12.0. The topological polar surface area (TPSA) is 35.5 Å². The number of Topliss-reactive ketones (excluding diaryl/α,β-unsaturated/α-hetero) is 1. The maximum absolute atomic E-state index is 13.2. The summed E-state index contributed by atoms with van der Waals surface area (Å²) in [7, 11) is 0. The molecule has 184 valence electrons. The lowest BCUT2D eigenvalue weighted by molar-refractivity contribution is -0.112. The van der Waals surface area contributed by atoms with Crippen molar-refractivity contribution in [1.29, 1.82) is 0 Å². The van der Waals surface area contributed by atoms with Crippen LogP contribution >= 0.6 is 0 Å². The third-order valence-corrected chi connectivity index (χ3v) is 6.41. The van der Waals surface area contributed by atoms with E-state index in [1.165, 1.54) is 0 Å². The van der Waals surface area contributed by atoms with Gasteiger partial charge in [-0.1, -0.05) is 84.9 Å². The molecule has 1 aliphatic rings. The van der Waals surface area contributed by atoms with Crippen molar-refractivity contribution in [3.8, 4) is 11.5 Å². The van der Waals surface area contributed by atoms with Crippen LogP contribution in [0.3, 0.4) is 0 Å². The lowest BCUT2D eigenvalue weighted by atomic mass is 9.87. The molecule has 3 heteroatoms. The number of allylic oxidation sites excluding steroid dienone is 2. The third-order valence-electron chi connectivity index (χ3n) is 6.41. The highest BCUT2D eigenvalue weighted by Gasteiger charge is 2.20. The highest BCUT2D eigenvalue weighted by atomic mass is 16.5. The molecule has 1 aliphatic carbocycles. The molecule has 0 amide bonds. The summed E-state index contributed by atoms with van der Waals surface area (Å²) in [5.41, 5.74) is 6.01. The molecule has 37 heavy (non-hydrogen) atoms. The molecule has 0 atom stereocenters. The Kier molecular flexibility index (Phi) is 7.92. The van der Waals surface area contributed by atoms with Crippen molar-refractivity contribution in [2.24, 2.45) is 0 Å². The van der Waals surface area contributed by atoms with E-state index in [9.17, 15) is 4.79 Å². The van der Waals surface area contributed by atoms with Crippen LogP contribution in [0.25, 0.3) is 12.2 Å². The van der Waals surface area contributed by atoms with E-state index < -0.39 is 0 Å². The standard InChI is InChI=1S/C34H30O3/c35-34-30(22-26-14-18-32(19-15-26)36-24-28-8-3-1-4-9-28)12-7-13-31(34)23-27-16-20-33(21-17-27)37-25-29-10-5-2-6-11-29/h1-6,8-11,14-23H,7,12-13,24-25H2. The lowest BCUT2D eigenvalue weighted by Crippen LogP contribution is -2.12. The van der Waals surface area contributed by atoms with E-state index in [0.29, 0.717) is 13.2 Å². The van der Waals surface area contributed by atoms with Crippen molar-refractivity contribution in [2.75, 3.05) is 0 Å². The van der Waals surface area contributed by atoms with Crippen LogP contribution in [0.4, 0.5) is 0 Å². The number of carbonyl (C=O) groups excluding carboxylic acids is 1. The van der Waals surface area contributed by atoms with Gasteiger partial charge < -0.3 is 9.47 Å². The number of ether oxygens (including phenoxy) is 2. The summed E-state index contributed by atoms with van der Waals surface area (Å²) in [6.07, 6.45) is 6.59. The Bertz CT molecular complexity index is 1260. The van der Waals surface area contributed by atoms with Gasteiger partial charge in [0, 0.05) is 11.1 Å². The maximum atomic E-state index is 13.2. The number of rotatable bonds is 8. The molecule has 5 rings (SSSR count). The molecule has 0 heterocycles. The van der Waals surface area contributed by atoms with Gasteiger partial charge >= 0.3 is 0 Å². The minimum absolute atomic E-state index is 0.139. The van der Waals surface area contributed by atoms with Gasteiger partial charge in [0.1, 0.15) is 24.7 Å². The van der Waals surface area contributed by atoms with Crippen LogP contribution in [0.5, 0.6) is 11.5 Å². The minimum Gasteiger partial charge on any atom is -0.489 e. The molecular formula is C34H30O3. The molecule has 0 N–H and O–H groups in total. The van der Waals surface area contributed by atoms with E-state index in [4.69, 9.17) is 9.47 Å². The van der Waals surface area contributed by atoms with Gasteiger partial charge in [-0.15, -0.1) is 0 Å². The minimum atomic E-state index is 0.139. The normalized spacial score (nSPS) is 15.6. The van der Waals surface area contributed by atoms with Gasteiger partial charge in [0.15, 0.2) is 5.78 Å². The first-order chi connectivity index (χ1) is 18.2. The van der Waals surface area contributed by atoms with Gasteiger partial charge in [0.05, 0.1) is 0 Å². The number of hydrogen-bond donors (Lipinski definition) is 0. The van der Waals surface area contributed by atoms with E-state index in [1.54, 1.807) is 0 Å². The molecule has 0 spiro atoms. The predicted octanol–water partition coefficient (Wildman–Crippen LogP) is 8.06. The Morgan fingerprint density at radius 1 is 0.541 bits per heavy atom. The van der Waals surface area contributed by atoms with Crippen LogP contribution in [-0.4, -0.2) is 5.78 Å². The number of carbonyl (C=O) groups is 1. The van der Waals surface area contributed by atoms with E-state index in [1.807, 2.05) is 121 Å². The Hall–Kier alpha value is -4.37. The zero-order valence-corrected chi connectivity index (χ0v) is 20.8. The van der Waals surface area contributed by atoms with Gasteiger partial charge in [-0.2, -0.15) is 0 Å². The van der Waals surface area contributed by atoms with Crippen LogP contribution in [0, 0.1) is 0 Å². The summed E-state index contributed by atoms with van der Waals surface area (Å²) in [6, 6.07) is 36.1. The number of ketones is 1. The monoisotopic (exact) mass is 486 g/mol. The van der Waals surface area contributed by atoms with E-state index in [-0.39, 0.29) is 5.78 Å². The van der Waals surface area contributed by atoms with Gasteiger partial charge in [-0.3, -0.25) is 4.79 Å². The fourth-order valence-electron chi connectivity index (χ4n) is 4.38. The molecule has 1 saturated carbocycles. The number of hydrogen-bond acceptors (Lipinski definition) is 3. The van der Waals surface area contributed by atoms with Gasteiger partial charge in [0.2, 0.25) is 0 Å². The van der Waals surface area contributed by atoms with Crippen LogP contribution < -0.4 is 9.47 Å². The molecule has 0 unspecified atom stereocenters. The number of benzene rings is 4. The van der Waals surface area contributed by atoms with Crippen molar-refractivity contribution < 1.29 is 14.3 Å². The molecule has 0 aliphatic heterocycles. The van der Waals surface area contributed by atoms with Crippen LogP contribution in [0.15, 0.2) is 120 Å². The van der Waals surface area contributed by atoms with Gasteiger partial charge in [-0.05, 0) is 77.9 Å². The maximum Gasteiger partial charge on any atom is 0.185 e. The average Bonchev–Trinajstić information content (AvgIpc) is 2.95. The molecule has 0 saturated heterocycles. The molecule has 0 bridgehead atoms. The molecule has 4 aromatic rings. The Morgan fingerprint density at radius 3 is 1.35 bits per heavy atom. The zero-order valence-electron chi connectivity index (χ0n) is 20.8. The Labute approximate surface area is 218 Å². The summed E-state index contributed by atoms with van der Waals surface area (Å²) in [5.74, 6) is 1.77. The second-order valence-corrected chi connectivity index (χ2v) is 9.21. The Morgan fingerprint density at radius 2 is 0.946 bits per heavy atom. The molecule has 0 radical (unpaired) electrons. The van der Waals surface area contributed by atoms with Crippen LogP contribution in [-0.2, 0) is 18.0 Å². The zero-order chi connectivity index (χ0) is 25.3. The summed E-state index contributed by atoms with van der Waals surface area (Å²) in [5, 5.41) is 0. The van der Waals surface area contributed by atoms with E-state index in [0.717, 1.165) is 64.2 Å². The SMILES string of the molecule is O=C1C(=Cc2ccc(OCc3ccccc3)cc2)CCCC1=Cc1ccc(OCc2ccccc2)cc1. The van der Waals surface area contributed by atoms with Crippen molar-refractivity contribution in [1.82, 2.24) is 0 Å². The van der Waals surface area contributed by atoms with Crippen molar-refractivity contribution in [3.05, 3.63) is 143 Å². The summed E-state index contributed by atoms with van der Waals surface area (Å²) in [6.45, 7) is 1.07. The molecule has 0 aromatic heterocycles. The van der Waals surface area contributed by atoms with Crippen molar-refractivity contribution >= 4 is 17.9 Å². The van der Waals surface area contributed by atoms with Crippen LogP contribution in [0.1, 0.15) is 41.5 Å². The Balaban J connectivity index is 1.20. The fourth-order valence-corrected chi connectivity index (χ4v) is 4.38. The van der Waals surface area contributed by atoms with Crippen molar-refractivity contribution in [3.63, 3.8) is 0 Å². The molecule has 3 nitrogen and oxygen atoms in total. The smallest absolute Gasteiger partial charge is 0.185 e. The fraction of sp³-hybridized carbons (Fsp3) is 0.147.